The van der Waals surface area contributed by atoms with Crippen LogP contribution in [0, 0.1) is 11.3 Å². The van der Waals surface area contributed by atoms with Crippen LogP contribution in [0.15, 0.2) is 30.3 Å². The maximum Gasteiger partial charge on any atom is 0.225 e. The predicted molar refractivity (Wildman–Crippen MR) is 89.4 cm³/mol. The lowest BCUT2D eigenvalue weighted by atomic mass is 9.77. The first-order chi connectivity index (χ1) is 10.6. The maximum absolute atomic E-state index is 12.1. The van der Waals surface area contributed by atoms with Gasteiger partial charge in [0, 0.05) is 32.1 Å². The molecule has 0 atom stereocenters. The first kappa shape index (κ1) is 15.5. The molecule has 1 spiro atoms. The second-order valence-corrected chi connectivity index (χ2v) is 7.43. The van der Waals surface area contributed by atoms with Crippen LogP contribution in [-0.4, -0.2) is 41.9 Å². The number of rotatable bonds is 3. The van der Waals surface area contributed by atoms with Crippen molar-refractivity contribution in [1.29, 1.82) is 0 Å². The predicted octanol–water partition coefficient (Wildman–Crippen LogP) is 3.16. The molecule has 22 heavy (non-hydrogen) atoms. The highest BCUT2D eigenvalue weighted by Crippen LogP contribution is 2.40. The SMILES string of the molecule is CC(C)C(=O)N1CCC2(CCN(Cc3ccccc3)C2)CC1. The normalized spacial score (nSPS) is 21.7. The van der Waals surface area contributed by atoms with Crippen LogP contribution in [0.5, 0.6) is 0 Å². The minimum atomic E-state index is 0.132. The number of nitrogens with zero attached hydrogens (tertiary/aromatic N) is 2. The monoisotopic (exact) mass is 300 g/mol. The van der Waals surface area contributed by atoms with E-state index in [1.165, 1.54) is 37.9 Å². The van der Waals surface area contributed by atoms with Gasteiger partial charge in [-0.3, -0.25) is 9.69 Å². The summed E-state index contributed by atoms with van der Waals surface area (Å²) in [4.78, 5) is 16.8. The lowest BCUT2D eigenvalue weighted by molar-refractivity contribution is -0.136. The van der Waals surface area contributed by atoms with Crippen molar-refractivity contribution < 1.29 is 4.79 Å². The van der Waals surface area contributed by atoms with Gasteiger partial charge in [-0.1, -0.05) is 44.2 Å². The first-order valence-corrected chi connectivity index (χ1v) is 8.63. The van der Waals surface area contributed by atoms with Crippen LogP contribution in [0.3, 0.4) is 0 Å². The molecular formula is C19H28N2O. The molecular weight excluding hydrogens is 272 g/mol. The molecule has 0 bridgehead atoms. The summed E-state index contributed by atoms with van der Waals surface area (Å²) >= 11 is 0. The molecule has 120 valence electrons. The molecule has 0 aromatic heterocycles. The molecule has 0 N–H and O–H groups in total. The summed E-state index contributed by atoms with van der Waals surface area (Å²) < 4.78 is 0. The third-order valence-corrected chi connectivity index (χ3v) is 5.40. The maximum atomic E-state index is 12.1. The molecule has 3 nitrogen and oxygen atoms in total. The summed E-state index contributed by atoms with van der Waals surface area (Å²) in [7, 11) is 0. The van der Waals surface area contributed by atoms with Crippen molar-refractivity contribution >= 4 is 5.91 Å². The number of hydrogen-bond donors (Lipinski definition) is 0. The van der Waals surface area contributed by atoms with Crippen LogP contribution < -0.4 is 0 Å². The molecule has 2 fully saturated rings. The first-order valence-electron chi connectivity index (χ1n) is 8.63. The highest BCUT2D eigenvalue weighted by molar-refractivity contribution is 5.78. The Hall–Kier alpha value is -1.35. The average Bonchev–Trinajstić information content (AvgIpc) is 2.91. The number of carbonyl (C=O) groups is 1. The Balaban J connectivity index is 1.53. The van der Waals surface area contributed by atoms with Gasteiger partial charge in [-0.05, 0) is 36.8 Å². The van der Waals surface area contributed by atoms with Crippen molar-refractivity contribution in [2.24, 2.45) is 11.3 Å². The van der Waals surface area contributed by atoms with E-state index in [-0.39, 0.29) is 5.92 Å². The van der Waals surface area contributed by atoms with Crippen LogP contribution in [0.1, 0.15) is 38.7 Å². The molecule has 0 saturated carbocycles. The topological polar surface area (TPSA) is 23.6 Å². The number of carbonyl (C=O) groups excluding carboxylic acids is 1. The highest BCUT2D eigenvalue weighted by atomic mass is 16.2. The number of hydrogen-bond acceptors (Lipinski definition) is 2. The summed E-state index contributed by atoms with van der Waals surface area (Å²) in [5.41, 5.74) is 1.87. The zero-order chi connectivity index (χ0) is 15.6. The summed E-state index contributed by atoms with van der Waals surface area (Å²) in [6.07, 6.45) is 3.65. The largest absolute Gasteiger partial charge is 0.342 e. The standard InChI is InChI=1S/C19H28N2O/c1-16(2)18(22)21-12-9-19(10-13-21)8-11-20(15-19)14-17-6-4-3-5-7-17/h3-7,16H,8-15H2,1-2H3. The minimum absolute atomic E-state index is 0.132. The minimum Gasteiger partial charge on any atom is -0.342 e. The van der Waals surface area contributed by atoms with Crippen molar-refractivity contribution in [2.75, 3.05) is 26.2 Å². The van der Waals surface area contributed by atoms with E-state index >= 15 is 0 Å². The lowest BCUT2D eigenvalue weighted by Gasteiger charge is -2.40. The average molecular weight is 300 g/mol. The van der Waals surface area contributed by atoms with E-state index in [1.807, 2.05) is 13.8 Å². The van der Waals surface area contributed by atoms with Gasteiger partial charge >= 0.3 is 0 Å². The molecule has 1 aromatic rings. The van der Waals surface area contributed by atoms with Gasteiger partial charge < -0.3 is 4.90 Å². The molecule has 1 aromatic carbocycles. The zero-order valence-corrected chi connectivity index (χ0v) is 13.9. The molecule has 0 aliphatic carbocycles. The van der Waals surface area contributed by atoms with Crippen molar-refractivity contribution in [3.63, 3.8) is 0 Å². The van der Waals surface area contributed by atoms with Crippen LogP contribution in [0.2, 0.25) is 0 Å². The van der Waals surface area contributed by atoms with E-state index in [1.54, 1.807) is 0 Å². The molecule has 0 radical (unpaired) electrons. The Morgan fingerprint density at radius 1 is 1.09 bits per heavy atom. The van der Waals surface area contributed by atoms with E-state index in [0.29, 0.717) is 11.3 Å². The number of likely N-dealkylation sites (tertiary alicyclic amines) is 2. The molecule has 2 aliphatic rings. The Morgan fingerprint density at radius 2 is 1.73 bits per heavy atom. The third kappa shape index (κ3) is 3.35. The van der Waals surface area contributed by atoms with Crippen molar-refractivity contribution in [2.45, 2.75) is 39.7 Å². The molecule has 1 amide bonds. The van der Waals surface area contributed by atoms with E-state index in [2.05, 4.69) is 40.1 Å². The van der Waals surface area contributed by atoms with Gasteiger partial charge in [-0.2, -0.15) is 0 Å². The Kier molecular flexibility index (Phi) is 4.53. The quantitative estimate of drug-likeness (QED) is 0.856. The molecule has 0 unspecified atom stereocenters. The van der Waals surface area contributed by atoms with Gasteiger partial charge in [0.1, 0.15) is 0 Å². The zero-order valence-electron chi connectivity index (χ0n) is 13.9. The number of piperidine rings is 1. The Morgan fingerprint density at radius 3 is 2.36 bits per heavy atom. The van der Waals surface area contributed by atoms with Crippen molar-refractivity contribution in [1.82, 2.24) is 9.80 Å². The second-order valence-electron chi connectivity index (χ2n) is 7.43. The van der Waals surface area contributed by atoms with Gasteiger partial charge in [0.05, 0.1) is 0 Å². The number of benzene rings is 1. The second kappa shape index (κ2) is 6.41. The lowest BCUT2D eigenvalue weighted by Crippen LogP contribution is -2.45. The van der Waals surface area contributed by atoms with Crippen LogP contribution in [0.25, 0.3) is 0 Å². The van der Waals surface area contributed by atoms with Gasteiger partial charge in [-0.15, -0.1) is 0 Å². The summed E-state index contributed by atoms with van der Waals surface area (Å²) in [6, 6.07) is 10.8. The molecule has 3 rings (SSSR count). The summed E-state index contributed by atoms with van der Waals surface area (Å²) in [5, 5.41) is 0. The summed E-state index contributed by atoms with van der Waals surface area (Å²) in [6.45, 7) is 9.38. The van der Waals surface area contributed by atoms with Crippen molar-refractivity contribution in [3.8, 4) is 0 Å². The third-order valence-electron chi connectivity index (χ3n) is 5.40. The molecule has 2 saturated heterocycles. The molecule has 2 aliphatic heterocycles. The van der Waals surface area contributed by atoms with E-state index in [0.717, 1.165) is 19.6 Å². The summed E-state index contributed by atoms with van der Waals surface area (Å²) in [5.74, 6) is 0.459. The van der Waals surface area contributed by atoms with Gasteiger partial charge in [0.25, 0.3) is 0 Å². The van der Waals surface area contributed by atoms with Crippen molar-refractivity contribution in [3.05, 3.63) is 35.9 Å². The fourth-order valence-electron chi connectivity index (χ4n) is 3.98. The van der Waals surface area contributed by atoms with Crippen LogP contribution in [-0.2, 0) is 11.3 Å². The fraction of sp³-hybridized carbons (Fsp3) is 0.632. The molecule has 2 heterocycles. The Labute approximate surface area is 134 Å². The number of amides is 1. The van der Waals surface area contributed by atoms with E-state index in [4.69, 9.17) is 0 Å². The fourth-order valence-corrected chi connectivity index (χ4v) is 3.98. The van der Waals surface area contributed by atoms with Gasteiger partial charge in [0.15, 0.2) is 0 Å². The smallest absolute Gasteiger partial charge is 0.225 e. The highest BCUT2D eigenvalue weighted by Gasteiger charge is 2.41. The van der Waals surface area contributed by atoms with Gasteiger partial charge in [-0.25, -0.2) is 0 Å². The van der Waals surface area contributed by atoms with Crippen LogP contribution >= 0.6 is 0 Å². The van der Waals surface area contributed by atoms with Crippen LogP contribution in [0.4, 0.5) is 0 Å². The van der Waals surface area contributed by atoms with Gasteiger partial charge in [0.2, 0.25) is 5.91 Å². The van der Waals surface area contributed by atoms with E-state index < -0.39 is 0 Å². The van der Waals surface area contributed by atoms with E-state index in [9.17, 15) is 4.79 Å². The Bertz CT molecular complexity index is 503. The molecule has 3 heteroatoms.